The molecule has 1 N–H and O–H groups in total. The van der Waals surface area contributed by atoms with Crippen molar-refractivity contribution in [3.05, 3.63) is 58.1 Å². The molecule has 1 nitrogen and oxygen atoms in total. The van der Waals surface area contributed by atoms with Gasteiger partial charge in [-0.3, -0.25) is 0 Å². The van der Waals surface area contributed by atoms with Crippen molar-refractivity contribution in [1.29, 1.82) is 0 Å². The van der Waals surface area contributed by atoms with Crippen LogP contribution in [0.4, 0.5) is 0 Å². The van der Waals surface area contributed by atoms with E-state index >= 15 is 0 Å². The molecule has 0 atom stereocenters. The van der Waals surface area contributed by atoms with Crippen molar-refractivity contribution >= 4 is 23.2 Å². The highest BCUT2D eigenvalue weighted by Gasteiger charge is 2.57. The molecule has 25 heavy (non-hydrogen) atoms. The van der Waals surface area contributed by atoms with Gasteiger partial charge in [-0.05, 0) is 85.1 Å². The number of hydrogen-bond acceptors (Lipinski definition) is 1. The third-order valence-electron chi connectivity index (χ3n) is 6.96. The lowest BCUT2D eigenvalue weighted by Crippen LogP contribution is -2.55. The van der Waals surface area contributed by atoms with Crippen LogP contribution in [0.3, 0.4) is 0 Å². The zero-order chi connectivity index (χ0) is 17.2. The van der Waals surface area contributed by atoms with E-state index in [1.807, 2.05) is 42.5 Å². The van der Waals surface area contributed by atoms with Gasteiger partial charge in [0, 0.05) is 15.6 Å². The molecule has 0 aliphatic heterocycles. The highest BCUT2D eigenvalue weighted by molar-refractivity contribution is 6.33. The Labute approximate surface area is 159 Å². The molecule has 2 aromatic carbocycles. The van der Waals surface area contributed by atoms with E-state index in [9.17, 15) is 5.11 Å². The Morgan fingerprint density at radius 2 is 1.44 bits per heavy atom. The summed E-state index contributed by atoms with van der Waals surface area (Å²) in [4.78, 5) is 0. The molecule has 6 rings (SSSR count). The number of halogens is 2. The second-order valence-corrected chi connectivity index (χ2v) is 9.14. The van der Waals surface area contributed by atoms with Crippen LogP contribution in [0, 0.1) is 23.7 Å². The van der Waals surface area contributed by atoms with Gasteiger partial charge in [0.2, 0.25) is 0 Å². The van der Waals surface area contributed by atoms with Gasteiger partial charge < -0.3 is 5.11 Å². The van der Waals surface area contributed by atoms with Crippen molar-refractivity contribution in [1.82, 2.24) is 0 Å². The summed E-state index contributed by atoms with van der Waals surface area (Å²) in [6.07, 6.45) is 5.97. The molecule has 4 bridgehead atoms. The lowest BCUT2D eigenvalue weighted by Gasteiger charge is -2.59. The molecule has 4 aliphatic carbocycles. The Morgan fingerprint density at radius 3 is 2.08 bits per heavy atom. The molecule has 0 heterocycles. The third kappa shape index (κ3) is 2.40. The monoisotopic (exact) mass is 372 g/mol. The van der Waals surface area contributed by atoms with Crippen LogP contribution in [0.15, 0.2) is 42.5 Å². The number of rotatable bonds is 2. The molecule has 2 aromatic rings. The van der Waals surface area contributed by atoms with Crippen LogP contribution >= 0.6 is 23.2 Å². The van der Waals surface area contributed by atoms with Gasteiger partial charge >= 0.3 is 0 Å². The van der Waals surface area contributed by atoms with Crippen molar-refractivity contribution in [3.8, 4) is 11.1 Å². The Kier molecular flexibility index (Phi) is 3.71. The van der Waals surface area contributed by atoms with E-state index < -0.39 is 5.60 Å². The normalized spacial score (nSPS) is 36.0. The number of aliphatic hydroxyl groups is 1. The highest BCUT2D eigenvalue weighted by Crippen LogP contribution is 2.62. The maximum atomic E-state index is 12.0. The van der Waals surface area contributed by atoms with Crippen molar-refractivity contribution in [2.24, 2.45) is 23.7 Å². The molecule has 4 aliphatic rings. The van der Waals surface area contributed by atoms with Crippen molar-refractivity contribution in [2.45, 2.75) is 37.7 Å². The molecule has 0 amide bonds. The van der Waals surface area contributed by atoms with Gasteiger partial charge in [-0.2, -0.15) is 0 Å². The molecule has 0 spiro atoms. The van der Waals surface area contributed by atoms with Crippen molar-refractivity contribution in [3.63, 3.8) is 0 Å². The third-order valence-corrected chi connectivity index (χ3v) is 7.52. The van der Waals surface area contributed by atoms with Gasteiger partial charge in [0.05, 0.1) is 5.60 Å². The van der Waals surface area contributed by atoms with E-state index in [-0.39, 0.29) is 0 Å². The predicted molar refractivity (Wildman–Crippen MR) is 103 cm³/mol. The maximum Gasteiger partial charge on any atom is 0.0959 e. The minimum Gasteiger partial charge on any atom is -0.385 e. The van der Waals surface area contributed by atoms with Gasteiger partial charge in [0.25, 0.3) is 0 Å². The number of hydrogen-bond donors (Lipinski definition) is 1. The van der Waals surface area contributed by atoms with E-state index in [2.05, 4.69) is 0 Å². The minimum absolute atomic E-state index is 0.350. The second kappa shape index (κ2) is 5.74. The van der Waals surface area contributed by atoms with E-state index in [0.29, 0.717) is 16.9 Å². The second-order valence-electron chi connectivity index (χ2n) is 8.30. The fourth-order valence-electron chi connectivity index (χ4n) is 6.10. The predicted octanol–water partition coefficient (Wildman–Crippen LogP) is 6.30. The Balaban J connectivity index is 1.69. The van der Waals surface area contributed by atoms with E-state index in [0.717, 1.165) is 59.2 Å². The first kappa shape index (κ1) is 16.2. The lowest BCUT2D eigenvalue weighted by molar-refractivity contribution is -0.179. The SMILES string of the molecule is OC1(c2cc(Cl)ccc2-c2ccccc2Cl)C2CC3CC(C2)CC1C3. The molecule has 4 saturated carbocycles. The standard InChI is InChI=1S/C22H22Cl2O/c23-17-5-6-18(19-3-1-2-4-21(19)24)20(12-17)22(25)15-8-13-7-14(10-15)11-16(22)9-13/h1-6,12-16,25H,7-11H2. The summed E-state index contributed by atoms with van der Waals surface area (Å²) < 4.78 is 0. The first-order valence-corrected chi connectivity index (χ1v) is 10.1. The maximum absolute atomic E-state index is 12.0. The Morgan fingerprint density at radius 1 is 0.800 bits per heavy atom. The van der Waals surface area contributed by atoms with E-state index in [1.54, 1.807) is 0 Å². The zero-order valence-corrected chi connectivity index (χ0v) is 15.6. The molecule has 0 saturated heterocycles. The molecule has 0 aromatic heterocycles. The van der Waals surface area contributed by atoms with Crippen molar-refractivity contribution < 1.29 is 5.11 Å². The molecular weight excluding hydrogens is 351 g/mol. The summed E-state index contributed by atoms with van der Waals surface area (Å²) in [6, 6.07) is 13.8. The average Bonchev–Trinajstić information content (AvgIpc) is 2.59. The van der Waals surface area contributed by atoms with Crippen LogP contribution in [0.2, 0.25) is 10.0 Å². The molecule has 0 unspecified atom stereocenters. The van der Waals surface area contributed by atoms with Crippen LogP contribution < -0.4 is 0 Å². The van der Waals surface area contributed by atoms with Crippen LogP contribution in [0.1, 0.15) is 37.7 Å². The fraction of sp³-hybridized carbons (Fsp3) is 0.455. The molecule has 4 fully saturated rings. The zero-order valence-electron chi connectivity index (χ0n) is 14.1. The van der Waals surface area contributed by atoms with E-state index in [4.69, 9.17) is 23.2 Å². The topological polar surface area (TPSA) is 20.2 Å². The van der Waals surface area contributed by atoms with E-state index in [1.165, 1.54) is 6.42 Å². The fourth-order valence-corrected chi connectivity index (χ4v) is 6.51. The molecule has 3 heteroatoms. The Bertz CT molecular complexity index is 801. The minimum atomic E-state index is -0.771. The Hall–Kier alpha value is -1.02. The molecule has 130 valence electrons. The van der Waals surface area contributed by atoms with Gasteiger partial charge in [0.1, 0.15) is 0 Å². The summed E-state index contributed by atoms with van der Waals surface area (Å²) in [5.74, 6) is 2.32. The number of benzene rings is 2. The smallest absolute Gasteiger partial charge is 0.0959 e. The summed E-state index contributed by atoms with van der Waals surface area (Å²) in [7, 11) is 0. The largest absolute Gasteiger partial charge is 0.385 e. The first-order valence-electron chi connectivity index (χ1n) is 9.33. The first-order chi connectivity index (χ1) is 12.1. The molecular formula is C22H22Cl2O. The lowest BCUT2D eigenvalue weighted by atomic mass is 9.48. The van der Waals surface area contributed by atoms with Gasteiger partial charge in [0.15, 0.2) is 0 Å². The summed E-state index contributed by atoms with van der Waals surface area (Å²) in [6.45, 7) is 0. The van der Waals surface area contributed by atoms with Gasteiger partial charge in [-0.1, -0.05) is 47.5 Å². The van der Waals surface area contributed by atoms with Crippen LogP contribution in [-0.4, -0.2) is 5.11 Å². The summed E-state index contributed by atoms with van der Waals surface area (Å²) >= 11 is 12.9. The average molecular weight is 373 g/mol. The van der Waals surface area contributed by atoms with Gasteiger partial charge in [-0.25, -0.2) is 0 Å². The van der Waals surface area contributed by atoms with Gasteiger partial charge in [-0.15, -0.1) is 0 Å². The highest BCUT2D eigenvalue weighted by atomic mass is 35.5. The summed E-state index contributed by atoms with van der Waals surface area (Å²) in [5, 5.41) is 13.4. The quantitative estimate of drug-likeness (QED) is 0.655. The van der Waals surface area contributed by atoms with Crippen LogP contribution in [0.5, 0.6) is 0 Å². The van der Waals surface area contributed by atoms with Crippen molar-refractivity contribution in [2.75, 3.05) is 0 Å². The van der Waals surface area contributed by atoms with Crippen LogP contribution in [0.25, 0.3) is 11.1 Å². The molecule has 0 radical (unpaired) electrons. The summed E-state index contributed by atoms with van der Waals surface area (Å²) in [5.41, 5.74) is 2.23. The van der Waals surface area contributed by atoms with Crippen LogP contribution in [-0.2, 0) is 5.60 Å².